The van der Waals surface area contributed by atoms with E-state index in [2.05, 4.69) is 5.32 Å². The molecule has 114 valence electrons. The zero-order valence-corrected chi connectivity index (χ0v) is 12.6. The number of carbonyl (C=O) groups is 2. The number of nitrogens with two attached hydrogens (primary N) is 1. The highest BCUT2D eigenvalue weighted by Gasteiger charge is 2.37. The Kier molecular flexibility index (Phi) is 4.02. The second kappa shape index (κ2) is 5.45. The summed E-state index contributed by atoms with van der Waals surface area (Å²) in [6, 6.07) is 5.08. The van der Waals surface area contributed by atoms with E-state index in [0.29, 0.717) is 11.4 Å². The number of hydrogen-bond donors (Lipinski definition) is 2. The van der Waals surface area contributed by atoms with Gasteiger partial charge in [0.1, 0.15) is 5.25 Å². The topological polar surface area (TPSA) is 110 Å². The number of benzene rings is 1. The summed E-state index contributed by atoms with van der Waals surface area (Å²) in [5, 5.41) is 6.90. The molecule has 7 nitrogen and oxygen atoms in total. The lowest BCUT2D eigenvalue weighted by atomic mass is 10.1. The largest absolute Gasteiger partial charge is 0.326 e. The van der Waals surface area contributed by atoms with Crippen molar-refractivity contribution in [3.63, 3.8) is 0 Å². The summed E-state index contributed by atoms with van der Waals surface area (Å²) in [6.07, 6.45) is -0.106. The van der Waals surface area contributed by atoms with Gasteiger partial charge in [-0.25, -0.2) is 13.6 Å². The second-order valence-electron chi connectivity index (χ2n) is 5.10. The first kappa shape index (κ1) is 15.5. The molecule has 0 aromatic heterocycles. The van der Waals surface area contributed by atoms with Crippen molar-refractivity contribution in [1.29, 1.82) is 0 Å². The van der Waals surface area contributed by atoms with Crippen LogP contribution in [0.5, 0.6) is 0 Å². The van der Waals surface area contributed by atoms with E-state index >= 15 is 0 Å². The molecule has 0 radical (unpaired) electrons. The molecule has 0 bridgehead atoms. The highest BCUT2D eigenvalue weighted by molar-refractivity contribution is 7.89. The number of hydrogen-bond acceptors (Lipinski definition) is 4. The summed E-state index contributed by atoms with van der Waals surface area (Å²) in [7, 11) is -3.73. The van der Waals surface area contributed by atoms with E-state index in [9.17, 15) is 18.0 Å². The van der Waals surface area contributed by atoms with Crippen LogP contribution in [-0.2, 0) is 19.6 Å². The van der Waals surface area contributed by atoms with Crippen molar-refractivity contribution in [2.75, 3.05) is 16.8 Å². The molecular weight excluding hydrogens is 294 g/mol. The molecule has 2 amide bonds. The van der Waals surface area contributed by atoms with Crippen molar-refractivity contribution < 1.29 is 18.0 Å². The van der Waals surface area contributed by atoms with E-state index in [1.165, 1.54) is 11.8 Å². The number of anilines is 2. The van der Waals surface area contributed by atoms with Crippen molar-refractivity contribution in [3.05, 3.63) is 23.8 Å². The minimum absolute atomic E-state index is 0.0522. The van der Waals surface area contributed by atoms with Gasteiger partial charge in [0.05, 0.1) is 0 Å². The van der Waals surface area contributed by atoms with Gasteiger partial charge in [0.15, 0.2) is 0 Å². The lowest BCUT2D eigenvalue weighted by Gasteiger charge is -2.18. The van der Waals surface area contributed by atoms with E-state index < -0.39 is 15.3 Å². The van der Waals surface area contributed by atoms with Gasteiger partial charge in [0.2, 0.25) is 21.8 Å². The number of amides is 2. The van der Waals surface area contributed by atoms with Gasteiger partial charge >= 0.3 is 0 Å². The SMILES string of the molecule is CC(=O)Nc1ccc(N2CC(S(N)(=O)=O)CC2=O)cc1C. The molecule has 8 heteroatoms. The summed E-state index contributed by atoms with van der Waals surface area (Å²) in [5.41, 5.74) is 2.04. The van der Waals surface area contributed by atoms with Crippen LogP contribution in [-0.4, -0.2) is 32.0 Å². The van der Waals surface area contributed by atoms with Crippen LogP contribution in [0.4, 0.5) is 11.4 Å². The number of carbonyl (C=O) groups excluding carboxylic acids is 2. The number of aryl methyl sites for hydroxylation is 1. The monoisotopic (exact) mass is 311 g/mol. The smallest absolute Gasteiger partial charge is 0.228 e. The lowest BCUT2D eigenvalue weighted by Crippen LogP contribution is -2.32. The zero-order valence-electron chi connectivity index (χ0n) is 11.8. The maximum Gasteiger partial charge on any atom is 0.228 e. The summed E-state index contributed by atoms with van der Waals surface area (Å²) < 4.78 is 22.7. The minimum Gasteiger partial charge on any atom is -0.326 e. The Bertz CT molecular complexity index is 699. The first-order valence-corrected chi connectivity index (χ1v) is 7.99. The number of sulfonamides is 1. The van der Waals surface area contributed by atoms with Gasteiger partial charge in [-0.05, 0) is 30.7 Å². The predicted molar refractivity (Wildman–Crippen MR) is 79.3 cm³/mol. The maximum atomic E-state index is 11.9. The highest BCUT2D eigenvalue weighted by atomic mass is 32.2. The fourth-order valence-corrected chi connectivity index (χ4v) is 3.02. The molecule has 1 aliphatic heterocycles. The van der Waals surface area contributed by atoms with Gasteiger partial charge in [-0.1, -0.05) is 0 Å². The molecule has 0 saturated carbocycles. The van der Waals surface area contributed by atoms with Crippen LogP contribution in [0.25, 0.3) is 0 Å². The molecule has 0 spiro atoms. The predicted octanol–water partition coefficient (Wildman–Crippen LogP) is 0.347. The van der Waals surface area contributed by atoms with Gasteiger partial charge in [0.25, 0.3) is 0 Å². The molecule has 1 atom stereocenters. The van der Waals surface area contributed by atoms with Crippen molar-refractivity contribution in [2.24, 2.45) is 5.14 Å². The Balaban J connectivity index is 2.25. The molecule has 1 fully saturated rings. The fraction of sp³-hybridized carbons (Fsp3) is 0.385. The molecule has 1 aromatic carbocycles. The van der Waals surface area contributed by atoms with E-state index in [-0.39, 0.29) is 24.8 Å². The number of nitrogens with one attached hydrogen (secondary N) is 1. The third kappa shape index (κ3) is 3.40. The Morgan fingerprint density at radius 3 is 2.57 bits per heavy atom. The Morgan fingerprint density at radius 2 is 2.10 bits per heavy atom. The van der Waals surface area contributed by atoms with Crippen LogP contribution >= 0.6 is 0 Å². The molecule has 1 aromatic rings. The number of rotatable bonds is 3. The van der Waals surface area contributed by atoms with Gasteiger partial charge in [-0.3, -0.25) is 9.59 Å². The average Bonchev–Trinajstić information content (AvgIpc) is 2.73. The first-order chi connectivity index (χ1) is 9.68. The number of primary sulfonamides is 1. The van der Waals surface area contributed by atoms with Crippen LogP contribution in [0, 0.1) is 6.92 Å². The third-order valence-corrected chi connectivity index (χ3v) is 4.63. The Hall–Kier alpha value is -1.93. The molecular formula is C13H17N3O4S. The summed E-state index contributed by atoms with van der Waals surface area (Å²) in [6.45, 7) is 3.26. The van der Waals surface area contributed by atoms with Crippen LogP contribution in [0.3, 0.4) is 0 Å². The Labute approximate surface area is 123 Å². The molecule has 0 aliphatic carbocycles. The quantitative estimate of drug-likeness (QED) is 0.839. The van der Waals surface area contributed by atoms with Crippen LogP contribution < -0.4 is 15.4 Å². The van der Waals surface area contributed by atoms with Gasteiger partial charge in [0, 0.05) is 31.3 Å². The average molecular weight is 311 g/mol. The van der Waals surface area contributed by atoms with Gasteiger partial charge < -0.3 is 10.2 Å². The van der Waals surface area contributed by atoms with Crippen LogP contribution in [0.15, 0.2) is 18.2 Å². The highest BCUT2D eigenvalue weighted by Crippen LogP contribution is 2.27. The second-order valence-corrected chi connectivity index (χ2v) is 6.94. The zero-order chi connectivity index (χ0) is 15.8. The maximum absolute atomic E-state index is 11.9. The molecule has 1 heterocycles. The standard InChI is InChI=1S/C13H17N3O4S/c1-8-5-10(3-4-12(8)15-9(2)17)16-7-11(6-13(16)18)21(14,19)20/h3-5,11H,6-7H2,1-2H3,(H,15,17)(H2,14,19,20). The van der Waals surface area contributed by atoms with Crippen LogP contribution in [0.1, 0.15) is 18.9 Å². The fourth-order valence-electron chi connectivity index (χ4n) is 2.29. The third-order valence-electron chi connectivity index (χ3n) is 3.39. The molecule has 1 saturated heterocycles. The molecule has 1 aliphatic rings. The summed E-state index contributed by atoms with van der Waals surface area (Å²) in [5.74, 6) is -0.460. The minimum atomic E-state index is -3.73. The molecule has 2 rings (SSSR count). The molecule has 1 unspecified atom stereocenters. The van der Waals surface area contributed by atoms with E-state index in [4.69, 9.17) is 5.14 Å². The van der Waals surface area contributed by atoms with Crippen molar-refractivity contribution in [3.8, 4) is 0 Å². The van der Waals surface area contributed by atoms with Crippen molar-refractivity contribution >= 4 is 33.2 Å². The van der Waals surface area contributed by atoms with Crippen LogP contribution in [0.2, 0.25) is 0 Å². The molecule has 3 N–H and O–H groups in total. The summed E-state index contributed by atoms with van der Waals surface area (Å²) >= 11 is 0. The summed E-state index contributed by atoms with van der Waals surface area (Å²) in [4.78, 5) is 24.4. The van der Waals surface area contributed by atoms with E-state index in [1.54, 1.807) is 25.1 Å². The first-order valence-electron chi connectivity index (χ1n) is 6.38. The lowest BCUT2D eigenvalue weighted by molar-refractivity contribution is -0.117. The van der Waals surface area contributed by atoms with E-state index in [1.807, 2.05) is 0 Å². The van der Waals surface area contributed by atoms with Gasteiger partial charge in [-0.15, -0.1) is 0 Å². The van der Waals surface area contributed by atoms with Crippen molar-refractivity contribution in [1.82, 2.24) is 0 Å². The van der Waals surface area contributed by atoms with Gasteiger partial charge in [-0.2, -0.15) is 0 Å². The number of nitrogens with zero attached hydrogens (tertiary/aromatic N) is 1. The Morgan fingerprint density at radius 1 is 1.43 bits per heavy atom. The van der Waals surface area contributed by atoms with E-state index in [0.717, 1.165) is 5.56 Å². The molecule has 21 heavy (non-hydrogen) atoms. The normalized spacial score (nSPS) is 18.9. The van der Waals surface area contributed by atoms with Crippen molar-refractivity contribution in [2.45, 2.75) is 25.5 Å².